The average molecular weight is 446 g/mol. The lowest BCUT2D eigenvalue weighted by molar-refractivity contribution is -0.138. The van der Waals surface area contributed by atoms with Gasteiger partial charge in [-0.3, -0.25) is 10.1 Å². The summed E-state index contributed by atoms with van der Waals surface area (Å²) in [7, 11) is 1.12. The van der Waals surface area contributed by atoms with E-state index in [1.807, 2.05) is 18.2 Å². The fourth-order valence-corrected chi connectivity index (χ4v) is 2.88. The van der Waals surface area contributed by atoms with Gasteiger partial charge in [0, 0.05) is 17.3 Å². The monoisotopic (exact) mass is 446 g/mol. The predicted molar refractivity (Wildman–Crippen MR) is 115 cm³/mol. The van der Waals surface area contributed by atoms with Gasteiger partial charge in [0.15, 0.2) is 5.11 Å². The molecular weight excluding hydrogens is 429 g/mol. The van der Waals surface area contributed by atoms with Crippen molar-refractivity contribution in [3.05, 3.63) is 83.9 Å². The number of hydrogen-bond donors (Lipinski definition) is 2. The van der Waals surface area contributed by atoms with Gasteiger partial charge in [-0.2, -0.15) is 13.2 Å². The molecule has 0 unspecified atom stereocenters. The average Bonchev–Trinajstić information content (AvgIpc) is 2.73. The minimum atomic E-state index is -4.67. The Morgan fingerprint density at radius 3 is 2.32 bits per heavy atom. The van der Waals surface area contributed by atoms with Gasteiger partial charge in [-0.1, -0.05) is 24.3 Å². The summed E-state index contributed by atoms with van der Waals surface area (Å²) in [5, 5.41) is 5.09. The van der Waals surface area contributed by atoms with E-state index in [-0.39, 0.29) is 16.4 Å². The Morgan fingerprint density at radius 2 is 1.65 bits per heavy atom. The van der Waals surface area contributed by atoms with Gasteiger partial charge in [0.1, 0.15) is 17.2 Å². The first-order valence-corrected chi connectivity index (χ1v) is 9.37. The number of methoxy groups -OCH3 is 1. The highest BCUT2D eigenvalue weighted by Gasteiger charge is 2.35. The Labute approximate surface area is 181 Å². The molecule has 3 aromatic carbocycles. The number of rotatable bonds is 5. The molecule has 1 amide bonds. The summed E-state index contributed by atoms with van der Waals surface area (Å²) in [4.78, 5) is 12.4. The molecule has 9 heteroatoms. The van der Waals surface area contributed by atoms with Crippen LogP contribution in [0.25, 0.3) is 0 Å². The van der Waals surface area contributed by atoms with Crippen LogP contribution in [-0.4, -0.2) is 18.1 Å². The molecule has 0 saturated carbocycles. The van der Waals surface area contributed by atoms with E-state index in [4.69, 9.17) is 21.7 Å². The Morgan fingerprint density at radius 1 is 0.935 bits per heavy atom. The Balaban J connectivity index is 1.67. The molecule has 0 aliphatic heterocycles. The van der Waals surface area contributed by atoms with Crippen LogP contribution in [0.5, 0.6) is 17.2 Å². The summed E-state index contributed by atoms with van der Waals surface area (Å²) in [5.41, 5.74) is -0.727. The molecule has 0 aliphatic rings. The van der Waals surface area contributed by atoms with Crippen LogP contribution in [0.1, 0.15) is 15.9 Å². The highest BCUT2D eigenvalue weighted by Crippen LogP contribution is 2.36. The Hall–Kier alpha value is -3.59. The molecule has 3 aromatic rings. The topological polar surface area (TPSA) is 59.6 Å². The van der Waals surface area contributed by atoms with Gasteiger partial charge in [-0.05, 0) is 54.7 Å². The zero-order valence-electron chi connectivity index (χ0n) is 16.2. The number of ether oxygens (including phenoxy) is 2. The van der Waals surface area contributed by atoms with Crippen molar-refractivity contribution in [2.45, 2.75) is 6.18 Å². The molecule has 2 N–H and O–H groups in total. The molecular formula is C22H17F3N2O3S. The van der Waals surface area contributed by atoms with Gasteiger partial charge in [0.05, 0.1) is 12.7 Å². The quantitative estimate of drug-likeness (QED) is 0.497. The summed E-state index contributed by atoms with van der Waals surface area (Å²) in [6.45, 7) is 0. The van der Waals surface area contributed by atoms with Crippen LogP contribution in [0.3, 0.4) is 0 Å². The highest BCUT2D eigenvalue weighted by atomic mass is 32.1. The molecule has 0 aromatic heterocycles. The van der Waals surface area contributed by atoms with Crippen molar-refractivity contribution < 1.29 is 27.4 Å². The van der Waals surface area contributed by atoms with Crippen LogP contribution in [0.15, 0.2) is 72.8 Å². The van der Waals surface area contributed by atoms with E-state index >= 15 is 0 Å². The fourth-order valence-electron chi connectivity index (χ4n) is 2.67. The van der Waals surface area contributed by atoms with E-state index in [1.54, 1.807) is 36.4 Å². The lowest BCUT2D eigenvalue weighted by atomic mass is 10.1. The van der Waals surface area contributed by atoms with Crippen molar-refractivity contribution in [2.24, 2.45) is 0 Å². The number of nitrogens with one attached hydrogen (secondary N) is 2. The molecule has 3 rings (SSSR count). The van der Waals surface area contributed by atoms with Crippen molar-refractivity contribution in [3.63, 3.8) is 0 Å². The van der Waals surface area contributed by atoms with Crippen molar-refractivity contribution in [1.29, 1.82) is 0 Å². The SMILES string of the molecule is COc1ccc(C(=O)NC(=S)Nc2cccc(Oc3ccccc3)c2)cc1C(F)(F)F. The maximum atomic E-state index is 13.2. The van der Waals surface area contributed by atoms with E-state index in [0.29, 0.717) is 23.3 Å². The smallest absolute Gasteiger partial charge is 0.419 e. The number of halogens is 3. The first kappa shape index (κ1) is 22.1. The maximum absolute atomic E-state index is 13.2. The molecule has 0 bridgehead atoms. The largest absolute Gasteiger partial charge is 0.496 e. The number of amides is 1. The standard InChI is InChI=1S/C22H17F3N2O3S/c1-29-19-11-10-14(12-18(19)22(23,24)25)20(28)27-21(31)26-15-6-5-9-17(13-15)30-16-7-3-2-4-8-16/h2-13H,1H3,(H2,26,27,28,31). The summed E-state index contributed by atoms with van der Waals surface area (Å²) in [6, 6.07) is 19.0. The minimum absolute atomic E-state index is 0.0776. The van der Waals surface area contributed by atoms with Crippen LogP contribution >= 0.6 is 12.2 Å². The Bertz CT molecular complexity index is 1090. The van der Waals surface area contributed by atoms with Crippen LogP contribution in [0.2, 0.25) is 0 Å². The number of hydrogen-bond acceptors (Lipinski definition) is 4. The molecule has 31 heavy (non-hydrogen) atoms. The molecule has 0 spiro atoms. The summed E-state index contributed by atoms with van der Waals surface area (Å²) < 4.78 is 49.9. The molecule has 5 nitrogen and oxygen atoms in total. The lowest BCUT2D eigenvalue weighted by Crippen LogP contribution is -2.34. The van der Waals surface area contributed by atoms with Gasteiger partial charge in [-0.15, -0.1) is 0 Å². The zero-order valence-corrected chi connectivity index (χ0v) is 17.0. The van der Waals surface area contributed by atoms with Crippen molar-refractivity contribution in [3.8, 4) is 17.2 Å². The second-order valence-electron chi connectivity index (χ2n) is 6.26. The summed E-state index contributed by atoms with van der Waals surface area (Å²) >= 11 is 5.11. The van der Waals surface area contributed by atoms with Gasteiger partial charge in [-0.25, -0.2) is 0 Å². The molecule has 0 radical (unpaired) electrons. The summed E-state index contributed by atoms with van der Waals surface area (Å²) in [6.07, 6.45) is -4.67. The van der Waals surface area contributed by atoms with Crippen molar-refractivity contribution in [1.82, 2.24) is 5.32 Å². The number of thiocarbonyl (C=S) groups is 1. The van der Waals surface area contributed by atoms with E-state index in [2.05, 4.69) is 10.6 Å². The number of anilines is 1. The first-order valence-electron chi connectivity index (χ1n) is 8.97. The molecule has 160 valence electrons. The van der Waals surface area contributed by atoms with Gasteiger partial charge in [0.2, 0.25) is 0 Å². The molecule has 0 saturated heterocycles. The first-order chi connectivity index (χ1) is 14.8. The van der Waals surface area contributed by atoms with Gasteiger partial charge in [0.25, 0.3) is 5.91 Å². The molecule has 0 atom stereocenters. The van der Waals surface area contributed by atoms with E-state index < -0.39 is 17.6 Å². The third-order valence-corrected chi connectivity index (χ3v) is 4.27. The third kappa shape index (κ3) is 5.95. The second-order valence-corrected chi connectivity index (χ2v) is 6.67. The normalized spacial score (nSPS) is 10.8. The van der Waals surface area contributed by atoms with E-state index in [0.717, 1.165) is 13.2 Å². The number of alkyl halides is 3. The van der Waals surface area contributed by atoms with Crippen molar-refractivity contribution >= 4 is 28.9 Å². The Kier molecular flexibility index (Phi) is 6.76. The van der Waals surface area contributed by atoms with Crippen LogP contribution in [0, 0.1) is 0 Å². The predicted octanol–water partition coefficient (Wildman–Crippen LogP) is 5.63. The fraction of sp³-hybridized carbons (Fsp3) is 0.0909. The number of para-hydroxylation sites is 1. The maximum Gasteiger partial charge on any atom is 0.419 e. The minimum Gasteiger partial charge on any atom is -0.496 e. The van der Waals surface area contributed by atoms with E-state index in [9.17, 15) is 18.0 Å². The molecule has 0 aliphatic carbocycles. The molecule has 0 heterocycles. The summed E-state index contributed by atoms with van der Waals surface area (Å²) in [5.74, 6) is 0.0214. The molecule has 0 fully saturated rings. The van der Waals surface area contributed by atoms with Crippen molar-refractivity contribution in [2.75, 3.05) is 12.4 Å². The second kappa shape index (κ2) is 9.48. The number of carbonyl (C=O) groups is 1. The van der Waals surface area contributed by atoms with Crippen LogP contribution in [-0.2, 0) is 6.18 Å². The van der Waals surface area contributed by atoms with Gasteiger partial charge < -0.3 is 14.8 Å². The van der Waals surface area contributed by atoms with Crippen LogP contribution in [0.4, 0.5) is 18.9 Å². The number of benzene rings is 3. The highest BCUT2D eigenvalue weighted by molar-refractivity contribution is 7.80. The van der Waals surface area contributed by atoms with Crippen LogP contribution < -0.4 is 20.1 Å². The lowest BCUT2D eigenvalue weighted by Gasteiger charge is -2.14. The third-order valence-electron chi connectivity index (χ3n) is 4.06. The number of carbonyl (C=O) groups excluding carboxylic acids is 1. The zero-order chi connectivity index (χ0) is 22.4. The van der Waals surface area contributed by atoms with Gasteiger partial charge >= 0.3 is 6.18 Å². The van der Waals surface area contributed by atoms with E-state index in [1.165, 1.54) is 6.07 Å².